The number of hydrogen-bond acceptors (Lipinski definition) is 7. The monoisotopic (exact) mass is 509 g/mol. The second kappa shape index (κ2) is 11.3. The first-order chi connectivity index (χ1) is 17.8. The third kappa shape index (κ3) is 5.65. The van der Waals surface area contributed by atoms with Gasteiger partial charge in [-0.3, -0.25) is 23.9 Å². The number of nitrogens with zero attached hydrogens (tertiary/aromatic N) is 3. The van der Waals surface area contributed by atoms with E-state index in [1.807, 2.05) is 13.0 Å². The third-order valence-electron chi connectivity index (χ3n) is 6.37. The largest absolute Gasteiger partial charge is 0.466 e. The van der Waals surface area contributed by atoms with E-state index in [4.69, 9.17) is 9.15 Å². The van der Waals surface area contributed by atoms with E-state index in [-0.39, 0.29) is 44.4 Å². The Labute approximate surface area is 214 Å². The smallest absolute Gasteiger partial charge is 0.307 e. The molecule has 2 N–H and O–H groups in total. The highest BCUT2D eigenvalue weighted by Gasteiger charge is 2.41. The van der Waals surface area contributed by atoms with Crippen LogP contribution < -0.4 is 10.6 Å². The minimum Gasteiger partial charge on any atom is -0.466 e. The number of rotatable bonds is 9. The van der Waals surface area contributed by atoms with Gasteiger partial charge in [0.1, 0.15) is 23.6 Å². The molecular formula is C26H31N5O6. The molecule has 1 aliphatic heterocycles. The normalized spacial score (nSPS) is 17.1. The molecular weight excluding hydrogens is 478 g/mol. The van der Waals surface area contributed by atoms with E-state index in [9.17, 15) is 19.2 Å². The first kappa shape index (κ1) is 25.9. The number of nitrogens with one attached hydrogen (secondary N) is 2. The van der Waals surface area contributed by atoms with Crippen molar-refractivity contribution in [3.63, 3.8) is 0 Å². The van der Waals surface area contributed by atoms with Gasteiger partial charge in [0.05, 0.1) is 24.3 Å². The van der Waals surface area contributed by atoms with Crippen molar-refractivity contribution < 1.29 is 28.3 Å². The van der Waals surface area contributed by atoms with Gasteiger partial charge in [0.2, 0.25) is 5.91 Å². The molecule has 4 rings (SSSR count). The molecule has 1 fully saturated rings. The molecule has 3 aromatic rings. The average Bonchev–Trinajstić information content (AvgIpc) is 3.60. The zero-order valence-electron chi connectivity index (χ0n) is 21.2. The number of amides is 3. The average molecular weight is 510 g/mol. The maximum atomic E-state index is 13.6. The first-order valence-electron chi connectivity index (χ1n) is 12.4. The molecule has 3 amide bonds. The number of ether oxygens (including phenoxy) is 1. The number of carbonyl (C=O) groups is 4. The summed E-state index contributed by atoms with van der Waals surface area (Å²) in [6.45, 7) is 4.14. The van der Waals surface area contributed by atoms with Crippen LogP contribution in [0.5, 0.6) is 0 Å². The van der Waals surface area contributed by atoms with Crippen molar-refractivity contribution in [2.45, 2.75) is 45.2 Å². The van der Waals surface area contributed by atoms with Gasteiger partial charge >= 0.3 is 5.97 Å². The fourth-order valence-electron chi connectivity index (χ4n) is 4.52. The Morgan fingerprint density at radius 2 is 1.97 bits per heavy atom. The number of aromatic nitrogens is 2. The molecule has 196 valence electrons. The summed E-state index contributed by atoms with van der Waals surface area (Å²) in [7, 11) is 1.70. The lowest BCUT2D eigenvalue weighted by atomic mass is 10.1. The van der Waals surface area contributed by atoms with E-state index in [0.29, 0.717) is 28.6 Å². The fraction of sp³-hybridized carbons (Fsp3) is 0.423. The van der Waals surface area contributed by atoms with Crippen molar-refractivity contribution in [1.82, 2.24) is 25.3 Å². The summed E-state index contributed by atoms with van der Waals surface area (Å²) in [5.74, 6) is -1.53. The molecule has 11 heteroatoms. The van der Waals surface area contributed by atoms with Crippen molar-refractivity contribution in [2.75, 3.05) is 19.7 Å². The maximum absolute atomic E-state index is 13.6. The summed E-state index contributed by atoms with van der Waals surface area (Å²) in [4.78, 5) is 52.8. The Morgan fingerprint density at radius 1 is 1.19 bits per heavy atom. The Bertz CT molecular complexity index is 1310. The summed E-state index contributed by atoms with van der Waals surface area (Å²) in [6, 6.07) is 7.58. The lowest BCUT2D eigenvalue weighted by Crippen LogP contribution is -2.46. The SMILES string of the molecule is CCOC(=O)CCNC(=O)[C@@H]1C[C@@H](NC(=O)c2cc(CC)nn2C)CN1C(=O)c1coc2ccccc12. The van der Waals surface area contributed by atoms with Crippen molar-refractivity contribution in [3.05, 3.63) is 53.5 Å². The maximum Gasteiger partial charge on any atom is 0.307 e. The number of carbonyl (C=O) groups excluding carboxylic acids is 4. The summed E-state index contributed by atoms with van der Waals surface area (Å²) in [6.07, 6.45) is 2.32. The molecule has 37 heavy (non-hydrogen) atoms. The highest BCUT2D eigenvalue weighted by molar-refractivity contribution is 6.07. The number of benzene rings is 1. The predicted molar refractivity (Wildman–Crippen MR) is 134 cm³/mol. The minimum atomic E-state index is -0.841. The molecule has 0 unspecified atom stereocenters. The van der Waals surface area contributed by atoms with Gasteiger partial charge in [-0.25, -0.2) is 0 Å². The van der Waals surface area contributed by atoms with Gasteiger partial charge in [-0.2, -0.15) is 5.10 Å². The van der Waals surface area contributed by atoms with Crippen molar-refractivity contribution in [2.24, 2.45) is 7.05 Å². The van der Waals surface area contributed by atoms with Crippen molar-refractivity contribution in [1.29, 1.82) is 0 Å². The van der Waals surface area contributed by atoms with Crippen LogP contribution >= 0.6 is 0 Å². The summed E-state index contributed by atoms with van der Waals surface area (Å²) in [5, 5.41) is 10.6. The minimum absolute atomic E-state index is 0.0209. The predicted octanol–water partition coefficient (Wildman–Crippen LogP) is 1.81. The van der Waals surface area contributed by atoms with Crippen LogP contribution in [0, 0.1) is 0 Å². The number of para-hydroxylation sites is 1. The molecule has 3 heterocycles. The second-order valence-corrected chi connectivity index (χ2v) is 8.87. The molecule has 1 aromatic carbocycles. The van der Waals surface area contributed by atoms with Crippen molar-refractivity contribution >= 4 is 34.7 Å². The quantitative estimate of drug-likeness (QED) is 0.420. The Balaban J connectivity index is 1.52. The van der Waals surface area contributed by atoms with Gasteiger partial charge < -0.3 is 24.7 Å². The van der Waals surface area contributed by atoms with Gasteiger partial charge in [-0.15, -0.1) is 0 Å². The van der Waals surface area contributed by atoms with Crippen LogP contribution in [0.1, 0.15) is 53.2 Å². The molecule has 1 saturated heterocycles. The van der Waals surface area contributed by atoms with E-state index >= 15 is 0 Å². The lowest BCUT2D eigenvalue weighted by Gasteiger charge is -2.23. The summed E-state index contributed by atoms with van der Waals surface area (Å²) in [5.41, 5.74) is 2.10. The standard InChI is InChI=1S/C26H31N5O6/c1-4-16-12-20(30(3)29-16)25(34)28-17-13-21(24(33)27-11-10-23(32)36-5-2)31(14-17)26(35)19-15-37-22-9-7-6-8-18(19)22/h6-9,12,15,17,21H,4-5,10-11,13-14H2,1-3H3,(H,27,33)(H,28,34)/t17-,21+/m1/s1. The number of hydrogen-bond donors (Lipinski definition) is 2. The molecule has 2 atom stereocenters. The number of esters is 1. The first-order valence-corrected chi connectivity index (χ1v) is 12.4. The molecule has 2 aromatic heterocycles. The molecule has 0 saturated carbocycles. The van der Waals surface area contributed by atoms with Gasteiger partial charge in [0, 0.05) is 31.6 Å². The summed E-state index contributed by atoms with van der Waals surface area (Å²) < 4.78 is 12.0. The molecule has 1 aliphatic rings. The van der Waals surface area contributed by atoms with Gasteiger partial charge in [-0.05, 0) is 31.9 Å². The Morgan fingerprint density at radius 3 is 2.70 bits per heavy atom. The molecule has 11 nitrogen and oxygen atoms in total. The molecule has 0 aliphatic carbocycles. The highest BCUT2D eigenvalue weighted by atomic mass is 16.5. The van der Waals surface area contributed by atoms with E-state index < -0.39 is 24.0 Å². The van der Waals surface area contributed by atoms with Crippen LogP contribution in [-0.4, -0.2) is 70.2 Å². The zero-order chi connectivity index (χ0) is 26.5. The highest BCUT2D eigenvalue weighted by Crippen LogP contribution is 2.27. The number of fused-ring (bicyclic) bond motifs is 1. The topological polar surface area (TPSA) is 136 Å². The van der Waals surface area contributed by atoms with Crippen LogP contribution in [-0.2, 0) is 27.8 Å². The fourth-order valence-corrected chi connectivity index (χ4v) is 4.52. The van der Waals surface area contributed by atoms with Gasteiger partial charge in [0.25, 0.3) is 11.8 Å². The van der Waals surface area contributed by atoms with E-state index in [1.165, 1.54) is 15.8 Å². The zero-order valence-corrected chi connectivity index (χ0v) is 21.2. The molecule has 0 radical (unpaired) electrons. The van der Waals surface area contributed by atoms with Crippen LogP contribution in [0.15, 0.2) is 41.0 Å². The van der Waals surface area contributed by atoms with E-state index in [2.05, 4.69) is 15.7 Å². The Hall–Kier alpha value is -4.15. The van der Waals surface area contributed by atoms with Gasteiger partial charge in [0.15, 0.2) is 0 Å². The van der Waals surface area contributed by atoms with Crippen LogP contribution in [0.3, 0.4) is 0 Å². The van der Waals surface area contributed by atoms with Crippen LogP contribution in [0.4, 0.5) is 0 Å². The Kier molecular flexibility index (Phi) is 7.90. The van der Waals surface area contributed by atoms with Gasteiger partial charge in [-0.1, -0.05) is 25.1 Å². The third-order valence-corrected chi connectivity index (χ3v) is 6.37. The van der Waals surface area contributed by atoms with Crippen molar-refractivity contribution in [3.8, 4) is 0 Å². The van der Waals surface area contributed by atoms with E-state index in [0.717, 1.165) is 5.69 Å². The van der Waals surface area contributed by atoms with Crippen LogP contribution in [0.25, 0.3) is 11.0 Å². The van der Waals surface area contributed by atoms with E-state index in [1.54, 1.807) is 38.2 Å². The number of likely N-dealkylation sites (tertiary alicyclic amines) is 1. The lowest BCUT2D eigenvalue weighted by molar-refractivity contribution is -0.143. The second-order valence-electron chi connectivity index (χ2n) is 8.87. The number of furan rings is 1. The molecule has 0 bridgehead atoms. The number of aryl methyl sites for hydroxylation is 2. The molecule has 0 spiro atoms. The summed E-state index contributed by atoms with van der Waals surface area (Å²) >= 11 is 0. The van der Waals surface area contributed by atoms with Crippen LogP contribution in [0.2, 0.25) is 0 Å².